The van der Waals surface area contributed by atoms with E-state index in [2.05, 4.69) is 6.92 Å². The summed E-state index contributed by atoms with van der Waals surface area (Å²) in [5.74, 6) is -0.601. The highest BCUT2D eigenvalue weighted by Crippen LogP contribution is 2.33. The van der Waals surface area contributed by atoms with Gasteiger partial charge in [-0.2, -0.15) is 0 Å². The van der Waals surface area contributed by atoms with Crippen molar-refractivity contribution >= 4 is 5.97 Å². The summed E-state index contributed by atoms with van der Waals surface area (Å²) in [4.78, 5) is 11.3. The van der Waals surface area contributed by atoms with E-state index in [0.29, 0.717) is 0 Å². The molecule has 18 heavy (non-hydrogen) atoms. The lowest BCUT2D eigenvalue weighted by molar-refractivity contribution is -0.150. The number of hydrogen-bond acceptors (Lipinski definition) is 1. The van der Waals surface area contributed by atoms with Crippen LogP contribution in [0.3, 0.4) is 0 Å². The lowest BCUT2D eigenvalue weighted by Crippen LogP contribution is -2.29. The van der Waals surface area contributed by atoms with Crippen molar-refractivity contribution in [3.63, 3.8) is 0 Å². The van der Waals surface area contributed by atoms with Crippen LogP contribution >= 0.6 is 0 Å². The van der Waals surface area contributed by atoms with E-state index in [1.54, 1.807) is 0 Å². The van der Waals surface area contributed by atoms with E-state index in [4.69, 9.17) is 0 Å². The van der Waals surface area contributed by atoms with E-state index in [0.717, 1.165) is 25.7 Å². The second-order valence-electron chi connectivity index (χ2n) is 5.52. The van der Waals surface area contributed by atoms with E-state index in [-0.39, 0.29) is 0 Å². The second kappa shape index (κ2) is 10.4. The molecule has 0 aliphatic heterocycles. The predicted octanol–water partition coefficient (Wildman–Crippen LogP) is 5.41. The Balaban J connectivity index is 3.65. The van der Waals surface area contributed by atoms with Gasteiger partial charge in [0.05, 0.1) is 5.41 Å². The molecule has 108 valence electrons. The summed E-state index contributed by atoms with van der Waals surface area (Å²) in [5.41, 5.74) is -0.456. The summed E-state index contributed by atoms with van der Waals surface area (Å²) in [6, 6.07) is 0. The highest BCUT2D eigenvalue weighted by molar-refractivity contribution is 5.74. The van der Waals surface area contributed by atoms with Gasteiger partial charge in [-0.05, 0) is 19.3 Å². The molecule has 0 saturated carbocycles. The van der Waals surface area contributed by atoms with Gasteiger partial charge in [-0.15, -0.1) is 0 Å². The maximum absolute atomic E-state index is 11.3. The summed E-state index contributed by atoms with van der Waals surface area (Å²) in [7, 11) is 0. The highest BCUT2D eigenvalue weighted by Gasteiger charge is 2.33. The maximum Gasteiger partial charge on any atom is 0.309 e. The van der Waals surface area contributed by atoms with E-state index in [1.165, 1.54) is 44.9 Å². The lowest BCUT2D eigenvalue weighted by Gasteiger charge is -2.26. The van der Waals surface area contributed by atoms with Crippen molar-refractivity contribution in [1.29, 1.82) is 0 Å². The van der Waals surface area contributed by atoms with Crippen molar-refractivity contribution in [2.75, 3.05) is 0 Å². The van der Waals surface area contributed by atoms with Crippen LogP contribution in [-0.4, -0.2) is 11.1 Å². The van der Waals surface area contributed by atoms with Gasteiger partial charge in [-0.3, -0.25) is 4.79 Å². The predicted molar refractivity (Wildman–Crippen MR) is 77.9 cm³/mol. The van der Waals surface area contributed by atoms with Gasteiger partial charge in [-0.1, -0.05) is 72.1 Å². The average molecular weight is 256 g/mol. The molecule has 0 saturated heterocycles. The summed E-state index contributed by atoms with van der Waals surface area (Å²) < 4.78 is 0. The van der Waals surface area contributed by atoms with Crippen LogP contribution in [0, 0.1) is 5.41 Å². The standard InChI is InChI=1S/C16H32O2/c1-4-7-8-9-10-11-12-13-14-16(5-2,6-3)15(17)18/h4-14H2,1-3H3,(H,17,18). The molecule has 2 nitrogen and oxygen atoms in total. The molecule has 0 aromatic carbocycles. The van der Waals surface area contributed by atoms with Gasteiger partial charge in [0, 0.05) is 0 Å². The van der Waals surface area contributed by atoms with Crippen LogP contribution in [0.1, 0.15) is 91.4 Å². The first-order valence-corrected chi connectivity index (χ1v) is 7.86. The number of carbonyl (C=O) groups is 1. The fraction of sp³-hybridized carbons (Fsp3) is 0.938. The van der Waals surface area contributed by atoms with E-state index < -0.39 is 11.4 Å². The van der Waals surface area contributed by atoms with Crippen molar-refractivity contribution in [2.24, 2.45) is 5.41 Å². The summed E-state index contributed by atoms with van der Waals surface area (Å²) in [5, 5.41) is 9.32. The fourth-order valence-electron chi connectivity index (χ4n) is 2.61. The van der Waals surface area contributed by atoms with Crippen LogP contribution in [0.4, 0.5) is 0 Å². The number of carboxylic acids is 1. The first kappa shape index (κ1) is 17.5. The van der Waals surface area contributed by atoms with Crippen molar-refractivity contribution in [3.05, 3.63) is 0 Å². The van der Waals surface area contributed by atoms with Crippen molar-refractivity contribution in [3.8, 4) is 0 Å². The summed E-state index contributed by atoms with van der Waals surface area (Å²) >= 11 is 0. The van der Waals surface area contributed by atoms with Gasteiger partial charge >= 0.3 is 5.97 Å². The SMILES string of the molecule is CCCCCCCCCCC(CC)(CC)C(=O)O. The Hall–Kier alpha value is -0.530. The number of hydrogen-bond donors (Lipinski definition) is 1. The van der Waals surface area contributed by atoms with Crippen LogP contribution in [0.25, 0.3) is 0 Å². The zero-order chi connectivity index (χ0) is 13.9. The summed E-state index contributed by atoms with van der Waals surface area (Å²) in [6.45, 7) is 6.24. The quantitative estimate of drug-likeness (QED) is 0.474. The topological polar surface area (TPSA) is 37.3 Å². The molecule has 0 aliphatic carbocycles. The van der Waals surface area contributed by atoms with Crippen LogP contribution in [0.2, 0.25) is 0 Å². The molecule has 0 aromatic heterocycles. The first-order chi connectivity index (χ1) is 8.63. The van der Waals surface area contributed by atoms with E-state index in [1.807, 2.05) is 13.8 Å². The molecule has 0 radical (unpaired) electrons. The molecule has 0 aromatic rings. The van der Waals surface area contributed by atoms with Gasteiger partial charge in [-0.25, -0.2) is 0 Å². The third kappa shape index (κ3) is 6.42. The molecule has 1 N–H and O–H groups in total. The third-order valence-electron chi connectivity index (χ3n) is 4.32. The van der Waals surface area contributed by atoms with Crippen LogP contribution in [-0.2, 0) is 4.79 Å². The Labute approximate surface area is 113 Å². The van der Waals surface area contributed by atoms with Crippen LogP contribution < -0.4 is 0 Å². The minimum absolute atomic E-state index is 0.456. The molecule has 0 amide bonds. The average Bonchev–Trinajstić information content (AvgIpc) is 2.37. The number of rotatable bonds is 12. The van der Waals surface area contributed by atoms with Gasteiger partial charge < -0.3 is 5.11 Å². The largest absolute Gasteiger partial charge is 0.481 e. The third-order valence-corrected chi connectivity index (χ3v) is 4.32. The van der Waals surface area contributed by atoms with E-state index >= 15 is 0 Å². The van der Waals surface area contributed by atoms with E-state index in [9.17, 15) is 9.90 Å². The lowest BCUT2D eigenvalue weighted by atomic mass is 9.78. The Kier molecular flexibility index (Phi) is 10.1. The molecule has 0 aliphatic rings. The molecular formula is C16H32O2. The van der Waals surface area contributed by atoms with Gasteiger partial charge in [0.25, 0.3) is 0 Å². The molecule has 0 fully saturated rings. The van der Waals surface area contributed by atoms with Crippen molar-refractivity contribution in [2.45, 2.75) is 91.4 Å². The number of aliphatic carboxylic acids is 1. The Morgan fingerprint density at radius 2 is 1.28 bits per heavy atom. The monoisotopic (exact) mass is 256 g/mol. The van der Waals surface area contributed by atoms with Crippen LogP contribution in [0.5, 0.6) is 0 Å². The molecule has 0 rings (SSSR count). The minimum Gasteiger partial charge on any atom is -0.481 e. The second-order valence-corrected chi connectivity index (χ2v) is 5.52. The molecule has 2 heteroatoms. The maximum atomic E-state index is 11.3. The molecule has 0 spiro atoms. The Bertz CT molecular complexity index is 207. The smallest absolute Gasteiger partial charge is 0.309 e. The molecular weight excluding hydrogens is 224 g/mol. The first-order valence-electron chi connectivity index (χ1n) is 7.86. The fourth-order valence-corrected chi connectivity index (χ4v) is 2.61. The summed E-state index contributed by atoms with van der Waals surface area (Å²) in [6.07, 6.45) is 12.6. The van der Waals surface area contributed by atoms with Crippen LogP contribution in [0.15, 0.2) is 0 Å². The van der Waals surface area contributed by atoms with Crippen molar-refractivity contribution in [1.82, 2.24) is 0 Å². The van der Waals surface area contributed by atoms with Gasteiger partial charge in [0.1, 0.15) is 0 Å². The van der Waals surface area contributed by atoms with Crippen molar-refractivity contribution < 1.29 is 9.90 Å². The molecule has 0 atom stereocenters. The normalized spacial score (nSPS) is 11.7. The minimum atomic E-state index is -0.601. The molecule has 0 bridgehead atoms. The molecule has 0 unspecified atom stereocenters. The Morgan fingerprint density at radius 1 is 0.833 bits per heavy atom. The zero-order valence-corrected chi connectivity index (χ0v) is 12.6. The number of carboxylic acid groups (broad SMARTS) is 1. The Morgan fingerprint density at radius 3 is 1.67 bits per heavy atom. The van der Waals surface area contributed by atoms with Gasteiger partial charge in [0.2, 0.25) is 0 Å². The number of unbranched alkanes of at least 4 members (excludes halogenated alkanes) is 7. The highest BCUT2D eigenvalue weighted by atomic mass is 16.4. The molecule has 0 heterocycles. The zero-order valence-electron chi connectivity index (χ0n) is 12.6. The van der Waals surface area contributed by atoms with Gasteiger partial charge in [0.15, 0.2) is 0 Å².